The molecule has 2 aromatic heterocycles. The average Bonchev–Trinajstić information content (AvgIpc) is 3.41. The Bertz CT molecular complexity index is 1430. The van der Waals surface area contributed by atoms with Gasteiger partial charge in [0.25, 0.3) is 5.91 Å². The summed E-state index contributed by atoms with van der Waals surface area (Å²) in [7, 11) is 0. The molecule has 0 atom stereocenters. The van der Waals surface area contributed by atoms with E-state index in [1.54, 1.807) is 0 Å². The minimum absolute atomic E-state index is 0.0247. The Hall–Kier alpha value is -3.69. The number of hydrogen-bond donors (Lipinski definition) is 2. The van der Waals surface area contributed by atoms with E-state index in [4.69, 9.17) is 21.7 Å². The van der Waals surface area contributed by atoms with Crippen LogP contribution in [0.5, 0.6) is 0 Å². The molecule has 3 aromatic rings. The molecule has 0 aliphatic carbocycles. The molecule has 4 rings (SSSR count). The normalized spacial score (nSPS) is 15.5. The topological polar surface area (TPSA) is 95.7 Å². The highest BCUT2D eigenvalue weighted by Crippen LogP contribution is 2.38. The first kappa shape index (κ1) is 27.3. The number of rotatable bonds is 6. The van der Waals surface area contributed by atoms with Crippen LogP contribution in [0.2, 0.25) is 0 Å². The number of carbonyl (C=O) groups excluding carboxylic acids is 1. The molecule has 1 aliphatic rings. The summed E-state index contributed by atoms with van der Waals surface area (Å²) in [5.74, 6) is -1.94. The standard InChI is InChI=1S/C23H13F6N3O4S2/c24-22(25,26)12-6-11(7-13(8-12)23(27,28)29)16-3-1-2-14(31-16)9-18-19(33)32(21(37)38-18)30-10-15-4-5-17(36-15)20(34)35/h1-9,30H,10H2,(H,34,35)/b18-9-. The Morgan fingerprint density at radius 1 is 1.08 bits per heavy atom. The van der Waals surface area contributed by atoms with Gasteiger partial charge in [-0.3, -0.25) is 4.79 Å². The lowest BCUT2D eigenvalue weighted by atomic mass is 10.0. The number of halogens is 6. The van der Waals surface area contributed by atoms with Crippen LogP contribution in [0.15, 0.2) is 57.9 Å². The van der Waals surface area contributed by atoms with Crippen LogP contribution in [0, 0.1) is 0 Å². The molecule has 0 spiro atoms. The van der Waals surface area contributed by atoms with Crippen molar-refractivity contribution in [3.05, 3.63) is 81.8 Å². The molecule has 0 radical (unpaired) electrons. The zero-order valence-electron chi connectivity index (χ0n) is 18.6. The zero-order chi connectivity index (χ0) is 27.8. The molecule has 0 unspecified atom stereocenters. The number of amides is 1. The highest BCUT2D eigenvalue weighted by atomic mass is 32.2. The molecule has 1 amide bonds. The summed E-state index contributed by atoms with van der Waals surface area (Å²) in [4.78, 5) is 27.9. The molecule has 1 fully saturated rings. The number of thioether (sulfide) groups is 1. The number of hydrazine groups is 1. The highest BCUT2D eigenvalue weighted by molar-refractivity contribution is 8.26. The minimum Gasteiger partial charge on any atom is -0.475 e. The molecule has 0 saturated carbocycles. The Labute approximate surface area is 219 Å². The number of aromatic carboxylic acids is 1. The zero-order valence-corrected chi connectivity index (χ0v) is 20.2. The van der Waals surface area contributed by atoms with Crippen molar-refractivity contribution in [2.75, 3.05) is 0 Å². The average molecular weight is 573 g/mol. The van der Waals surface area contributed by atoms with Crippen LogP contribution in [0.4, 0.5) is 26.3 Å². The van der Waals surface area contributed by atoms with E-state index in [-0.39, 0.29) is 44.7 Å². The van der Waals surface area contributed by atoms with E-state index in [0.29, 0.717) is 12.1 Å². The van der Waals surface area contributed by atoms with Crippen molar-refractivity contribution in [2.24, 2.45) is 0 Å². The predicted octanol–water partition coefficient (Wildman–Crippen LogP) is 5.98. The lowest BCUT2D eigenvalue weighted by Crippen LogP contribution is -2.40. The summed E-state index contributed by atoms with van der Waals surface area (Å²) < 4.78 is 84.6. The van der Waals surface area contributed by atoms with Crippen molar-refractivity contribution in [1.82, 2.24) is 15.4 Å². The van der Waals surface area contributed by atoms with Crippen LogP contribution in [0.25, 0.3) is 17.3 Å². The van der Waals surface area contributed by atoms with Gasteiger partial charge in [0, 0.05) is 5.56 Å². The van der Waals surface area contributed by atoms with Gasteiger partial charge in [-0.2, -0.15) is 26.3 Å². The lowest BCUT2D eigenvalue weighted by molar-refractivity contribution is -0.143. The highest BCUT2D eigenvalue weighted by Gasteiger charge is 2.37. The molecule has 0 bridgehead atoms. The summed E-state index contributed by atoms with van der Waals surface area (Å²) in [5.41, 5.74) is -0.740. The van der Waals surface area contributed by atoms with E-state index < -0.39 is 40.9 Å². The molecular weight excluding hydrogens is 560 g/mol. The fourth-order valence-electron chi connectivity index (χ4n) is 3.28. The summed E-state index contributed by atoms with van der Waals surface area (Å²) in [6.45, 7) is -0.0716. The second kappa shape index (κ2) is 10.2. The Morgan fingerprint density at radius 2 is 1.74 bits per heavy atom. The van der Waals surface area contributed by atoms with E-state index in [1.807, 2.05) is 0 Å². The molecule has 1 aliphatic heterocycles. The lowest BCUT2D eigenvalue weighted by Gasteiger charge is -2.14. The quantitative estimate of drug-likeness (QED) is 0.211. The van der Waals surface area contributed by atoms with Gasteiger partial charge in [0.1, 0.15) is 5.76 Å². The van der Waals surface area contributed by atoms with E-state index in [9.17, 15) is 35.9 Å². The van der Waals surface area contributed by atoms with Gasteiger partial charge < -0.3 is 9.52 Å². The number of nitrogens with one attached hydrogen (secondary N) is 1. The van der Waals surface area contributed by atoms with Crippen molar-refractivity contribution in [3.63, 3.8) is 0 Å². The molecule has 7 nitrogen and oxygen atoms in total. The van der Waals surface area contributed by atoms with Crippen molar-refractivity contribution in [3.8, 4) is 11.3 Å². The maximum Gasteiger partial charge on any atom is 0.416 e. The predicted molar refractivity (Wildman–Crippen MR) is 127 cm³/mol. The Balaban J connectivity index is 1.58. The van der Waals surface area contributed by atoms with E-state index in [2.05, 4.69) is 10.4 Å². The maximum atomic E-state index is 13.2. The fourth-order valence-corrected chi connectivity index (χ4v) is 4.48. The number of furan rings is 1. The summed E-state index contributed by atoms with van der Waals surface area (Å²) >= 11 is 6.06. The number of pyridine rings is 1. The van der Waals surface area contributed by atoms with Gasteiger partial charge in [-0.25, -0.2) is 20.2 Å². The van der Waals surface area contributed by atoms with Gasteiger partial charge in [-0.1, -0.05) is 30.0 Å². The molecule has 1 aromatic carbocycles. The third-order valence-electron chi connectivity index (χ3n) is 5.01. The van der Waals surface area contributed by atoms with Crippen LogP contribution >= 0.6 is 24.0 Å². The second-order valence-corrected chi connectivity index (χ2v) is 9.34. The number of carboxylic acids is 1. The first-order valence-electron chi connectivity index (χ1n) is 10.3. The first-order valence-corrected chi connectivity index (χ1v) is 11.6. The van der Waals surface area contributed by atoms with Gasteiger partial charge >= 0.3 is 18.3 Å². The number of carboxylic acid groups (broad SMARTS) is 1. The number of benzene rings is 1. The minimum atomic E-state index is -5.01. The number of nitrogens with zero attached hydrogens (tertiary/aromatic N) is 2. The molecule has 38 heavy (non-hydrogen) atoms. The monoisotopic (exact) mass is 573 g/mol. The summed E-state index contributed by atoms with van der Waals surface area (Å²) in [5, 5.41) is 9.93. The maximum absolute atomic E-state index is 13.2. The van der Waals surface area contributed by atoms with Gasteiger partial charge in [-0.15, -0.1) is 0 Å². The number of hydrogen-bond acceptors (Lipinski definition) is 7. The van der Waals surface area contributed by atoms with E-state index >= 15 is 0 Å². The molecule has 198 valence electrons. The van der Waals surface area contributed by atoms with Crippen LogP contribution < -0.4 is 5.43 Å². The van der Waals surface area contributed by atoms with Gasteiger partial charge in [0.05, 0.1) is 34.0 Å². The molecule has 3 heterocycles. The van der Waals surface area contributed by atoms with Crippen LogP contribution in [-0.4, -0.2) is 31.3 Å². The van der Waals surface area contributed by atoms with E-state index in [1.165, 1.54) is 36.4 Å². The third-order valence-corrected chi connectivity index (χ3v) is 6.31. The molecule has 1 saturated heterocycles. The van der Waals surface area contributed by atoms with E-state index in [0.717, 1.165) is 16.8 Å². The third kappa shape index (κ3) is 6.06. The van der Waals surface area contributed by atoms with Gasteiger partial charge in [-0.05, 0) is 48.5 Å². The van der Waals surface area contributed by atoms with Crippen LogP contribution in [0.3, 0.4) is 0 Å². The van der Waals surface area contributed by atoms with Crippen LogP contribution in [-0.2, 0) is 23.7 Å². The Morgan fingerprint density at radius 3 is 2.32 bits per heavy atom. The SMILES string of the molecule is O=C(O)c1ccc(CNN2C(=O)/C(=C/c3cccc(-c4cc(C(F)(F)F)cc(C(F)(F)F)c4)n3)SC2=S)o1. The van der Waals surface area contributed by atoms with Crippen molar-refractivity contribution in [2.45, 2.75) is 18.9 Å². The smallest absolute Gasteiger partial charge is 0.416 e. The number of carbonyl (C=O) groups is 2. The Kier molecular flexibility index (Phi) is 7.36. The number of aromatic nitrogens is 1. The largest absolute Gasteiger partial charge is 0.475 e. The van der Waals surface area contributed by atoms with Crippen LogP contribution in [0.1, 0.15) is 33.1 Å². The van der Waals surface area contributed by atoms with Crippen molar-refractivity contribution in [1.29, 1.82) is 0 Å². The number of thiocarbonyl (C=S) groups is 1. The molecular formula is C23H13F6N3O4S2. The molecule has 15 heteroatoms. The summed E-state index contributed by atoms with van der Waals surface area (Å²) in [6, 6.07) is 7.83. The van der Waals surface area contributed by atoms with Crippen molar-refractivity contribution < 1.29 is 45.5 Å². The second-order valence-electron chi connectivity index (χ2n) is 7.67. The van der Waals surface area contributed by atoms with Gasteiger partial charge in [0.2, 0.25) is 5.76 Å². The number of alkyl halides is 6. The first-order chi connectivity index (χ1) is 17.7. The van der Waals surface area contributed by atoms with Crippen molar-refractivity contribution >= 4 is 46.3 Å². The van der Waals surface area contributed by atoms with Gasteiger partial charge in [0.15, 0.2) is 4.32 Å². The molecule has 2 N–H and O–H groups in total. The fraction of sp³-hybridized carbons (Fsp3) is 0.130. The summed E-state index contributed by atoms with van der Waals surface area (Å²) in [6.07, 6.45) is -8.74.